The van der Waals surface area contributed by atoms with Crippen LogP contribution in [0.15, 0.2) is 35.1 Å². The summed E-state index contributed by atoms with van der Waals surface area (Å²) in [5, 5.41) is 0. The van der Waals surface area contributed by atoms with Crippen molar-refractivity contribution >= 4 is 15.9 Å². The van der Waals surface area contributed by atoms with Crippen LogP contribution < -0.4 is 10.5 Å². The standard InChI is InChI=1S/C14H15BrN2O/c1-9-3-12(4-10(2)14(9)15)18-13-5-11(6-16)7-17-8-13/h3-5,7-8H,6,16H2,1-2H3. The fraction of sp³-hybridized carbons (Fsp3) is 0.214. The van der Waals surface area contributed by atoms with Gasteiger partial charge in [-0.05, 0) is 48.7 Å². The van der Waals surface area contributed by atoms with Gasteiger partial charge in [0.15, 0.2) is 0 Å². The average molecular weight is 307 g/mol. The molecule has 0 spiro atoms. The van der Waals surface area contributed by atoms with Crippen LogP contribution in [0.3, 0.4) is 0 Å². The molecule has 0 saturated carbocycles. The normalized spacial score (nSPS) is 10.4. The van der Waals surface area contributed by atoms with E-state index in [0.717, 1.165) is 26.9 Å². The summed E-state index contributed by atoms with van der Waals surface area (Å²) in [6.45, 7) is 4.54. The summed E-state index contributed by atoms with van der Waals surface area (Å²) >= 11 is 3.54. The van der Waals surface area contributed by atoms with E-state index in [1.165, 1.54) is 0 Å². The van der Waals surface area contributed by atoms with Gasteiger partial charge in [0.1, 0.15) is 11.5 Å². The highest BCUT2D eigenvalue weighted by Crippen LogP contribution is 2.29. The number of nitrogens with zero attached hydrogens (tertiary/aromatic N) is 1. The fourth-order valence-corrected chi connectivity index (χ4v) is 1.96. The second-order valence-corrected chi connectivity index (χ2v) is 5.00. The lowest BCUT2D eigenvalue weighted by atomic mass is 10.1. The van der Waals surface area contributed by atoms with Crippen LogP contribution >= 0.6 is 15.9 Å². The first kappa shape index (κ1) is 13.1. The van der Waals surface area contributed by atoms with Crippen molar-refractivity contribution in [2.75, 3.05) is 0 Å². The van der Waals surface area contributed by atoms with Crippen molar-refractivity contribution < 1.29 is 4.74 Å². The number of hydrogen-bond donors (Lipinski definition) is 1. The number of aromatic nitrogens is 1. The van der Waals surface area contributed by atoms with Crippen LogP contribution in [-0.2, 0) is 6.54 Å². The Morgan fingerprint density at radius 3 is 2.39 bits per heavy atom. The average Bonchev–Trinajstić information content (AvgIpc) is 2.36. The summed E-state index contributed by atoms with van der Waals surface area (Å²) < 4.78 is 6.91. The third-order valence-corrected chi connectivity index (χ3v) is 3.90. The predicted molar refractivity (Wildman–Crippen MR) is 75.8 cm³/mol. The monoisotopic (exact) mass is 306 g/mol. The fourth-order valence-electron chi connectivity index (χ4n) is 1.73. The van der Waals surface area contributed by atoms with Crippen molar-refractivity contribution in [3.8, 4) is 11.5 Å². The third-order valence-electron chi connectivity index (χ3n) is 2.65. The molecule has 0 atom stereocenters. The highest BCUT2D eigenvalue weighted by Gasteiger charge is 2.05. The lowest BCUT2D eigenvalue weighted by molar-refractivity contribution is 0.478. The molecule has 3 nitrogen and oxygen atoms in total. The van der Waals surface area contributed by atoms with Crippen LogP contribution in [0.25, 0.3) is 0 Å². The third kappa shape index (κ3) is 2.89. The quantitative estimate of drug-likeness (QED) is 0.940. The molecule has 2 N–H and O–H groups in total. The number of aryl methyl sites for hydroxylation is 2. The Labute approximate surface area is 115 Å². The molecule has 0 aliphatic heterocycles. The van der Waals surface area contributed by atoms with Crippen molar-refractivity contribution in [3.63, 3.8) is 0 Å². The summed E-state index contributed by atoms with van der Waals surface area (Å²) in [4.78, 5) is 4.10. The van der Waals surface area contributed by atoms with Crippen molar-refractivity contribution in [3.05, 3.63) is 51.8 Å². The minimum atomic E-state index is 0.461. The summed E-state index contributed by atoms with van der Waals surface area (Å²) in [7, 11) is 0. The van der Waals surface area contributed by atoms with Crippen LogP contribution in [0.1, 0.15) is 16.7 Å². The van der Waals surface area contributed by atoms with Crippen molar-refractivity contribution in [1.82, 2.24) is 4.98 Å². The largest absolute Gasteiger partial charge is 0.456 e. The molecule has 18 heavy (non-hydrogen) atoms. The Balaban J connectivity index is 2.28. The molecule has 1 heterocycles. The van der Waals surface area contributed by atoms with Gasteiger partial charge >= 0.3 is 0 Å². The van der Waals surface area contributed by atoms with E-state index in [1.807, 2.05) is 32.0 Å². The van der Waals surface area contributed by atoms with Crippen LogP contribution in [0.2, 0.25) is 0 Å². The molecule has 1 aromatic carbocycles. The number of nitrogens with two attached hydrogens (primary N) is 1. The molecule has 0 saturated heterocycles. The Morgan fingerprint density at radius 1 is 1.11 bits per heavy atom. The predicted octanol–water partition coefficient (Wildman–Crippen LogP) is 3.71. The summed E-state index contributed by atoms with van der Waals surface area (Å²) in [5.41, 5.74) is 8.83. The number of halogens is 1. The number of rotatable bonds is 3. The van der Waals surface area contributed by atoms with E-state index in [2.05, 4.69) is 20.9 Å². The van der Waals surface area contributed by atoms with E-state index in [4.69, 9.17) is 10.5 Å². The zero-order chi connectivity index (χ0) is 13.1. The Kier molecular flexibility index (Phi) is 3.99. The molecule has 0 amide bonds. The number of ether oxygens (including phenoxy) is 1. The molecule has 4 heteroatoms. The molecule has 94 valence electrons. The molecule has 0 unspecified atom stereocenters. The van der Waals surface area contributed by atoms with Crippen molar-refractivity contribution in [1.29, 1.82) is 0 Å². The summed E-state index contributed by atoms with van der Waals surface area (Å²) in [6, 6.07) is 5.89. The number of pyridine rings is 1. The Morgan fingerprint density at radius 2 is 1.78 bits per heavy atom. The van der Waals surface area contributed by atoms with Crippen LogP contribution in [0, 0.1) is 13.8 Å². The van der Waals surface area contributed by atoms with Gasteiger partial charge < -0.3 is 10.5 Å². The van der Waals surface area contributed by atoms with Crippen LogP contribution in [-0.4, -0.2) is 4.98 Å². The maximum atomic E-state index is 5.80. The molecule has 0 aliphatic rings. The minimum Gasteiger partial charge on any atom is -0.456 e. The van der Waals surface area contributed by atoms with Gasteiger partial charge in [-0.1, -0.05) is 15.9 Å². The Bertz CT molecular complexity index is 546. The molecule has 2 rings (SSSR count). The smallest absolute Gasteiger partial charge is 0.146 e. The second kappa shape index (κ2) is 5.50. The van der Waals surface area contributed by atoms with Crippen LogP contribution in [0.5, 0.6) is 11.5 Å². The van der Waals surface area contributed by atoms with Gasteiger partial charge in [-0.15, -0.1) is 0 Å². The highest BCUT2D eigenvalue weighted by atomic mass is 79.9. The Hall–Kier alpha value is -1.39. The summed E-state index contributed by atoms with van der Waals surface area (Å²) in [6.07, 6.45) is 3.43. The number of benzene rings is 1. The van der Waals surface area contributed by atoms with Gasteiger partial charge in [-0.2, -0.15) is 0 Å². The van der Waals surface area contributed by atoms with E-state index in [9.17, 15) is 0 Å². The maximum Gasteiger partial charge on any atom is 0.146 e. The van der Waals surface area contributed by atoms with Gasteiger partial charge in [-0.3, -0.25) is 4.98 Å². The maximum absolute atomic E-state index is 5.80. The SMILES string of the molecule is Cc1cc(Oc2cncc(CN)c2)cc(C)c1Br. The first-order valence-electron chi connectivity index (χ1n) is 5.68. The van der Waals surface area contributed by atoms with Gasteiger partial charge in [0.2, 0.25) is 0 Å². The molecule has 0 bridgehead atoms. The molecular formula is C14H15BrN2O. The lowest BCUT2D eigenvalue weighted by Crippen LogP contribution is -1.97. The molecule has 0 radical (unpaired) electrons. The van der Waals surface area contributed by atoms with Gasteiger partial charge in [0, 0.05) is 17.2 Å². The van der Waals surface area contributed by atoms with E-state index < -0.39 is 0 Å². The van der Waals surface area contributed by atoms with E-state index in [-0.39, 0.29) is 0 Å². The zero-order valence-corrected chi connectivity index (χ0v) is 12.0. The second-order valence-electron chi connectivity index (χ2n) is 4.21. The first-order valence-corrected chi connectivity index (χ1v) is 6.48. The zero-order valence-electron chi connectivity index (χ0n) is 10.4. The molecular weight excluding hydrogens is 292 g/mol. The van der Waals surface area contributed by atoms with Gasteiger partial charge in [0.05, 0.1) is 6.20 Å². The lowest BCUT2D eigenvalue weighted by Gasteiger charge is -2.10. The van der Waals surface area contributed by atoms with E-state index in [0.29, 0.717) is 12.3 Å². The highest BCUT2D eigenvalue weighted by molar-refractivity contribution is 9.10. The molecule has 0 fully saturated rings. The van der Waals surface area contributed by atoms with Crippen molar-refractivity contribution in [2.45, 2.75) is 20.4 Å². The van der Waals surface area contributed by atoms with Gasteiger partial charge in [-0.25, -0.2) is 0 Å². The molecule has 0 aliphatic carbocycles. The number of hydrogen-bond acceptors (Lipinski definition) is 3. The first-order chi connectivity index (χ1) is 8.60. The van der Waals surface area contributed by atoms with Crippen LogP contribution in [0.4, 0.5) is 0 Å². The van der Waals surface area contributed by atoms with E-state index >= 15 is 0 Å². The topological polar surface area (TPSA) is 48.1 Å². The van der Waals surface area contributed by atoms with E-state index in [1.54, 1.807) is 12.4 Å². The minimum absolute atomic E-state index is 0.461. The molecule has 2 aromatic rings. The van der Waals surface area contributed by atoms with Crippen molar-refractivity contribution in [2.24, 2.45) is 5.73 Å². The molecule has 1 aromatic heterocycles. The summed E-state index contributed by atoms with van der Waals surface area (Å²) in [5.74, 6) is 1.52. The van der Waals surface area contributed by atoms with Gasteiger partial charge in [0.25, 0.3) is 0 Å².